The van der Waals surface area contributed by atoms with E-state index in [0.717, 1.165) is 36.2 Å². The van der Waals surface area contributed by atoms with E-state index in [4.69, 9.17) is 21.3 Å². The van der Waals surface area contributed by atoms with Crippen LogP contribution in [0.15, 0.2) is 78.9 Å². The van der Waals surface area contributed by atoms with Gasteiger partial charge in [0.1, 0.15) is 17.1 Å². The molecule has 1 aliphatic heterocycles. The van der Waals surface area contributed by atoms with Crippen molar-refractivity contribution in [2.75, 3.05) is 23.4 Å². The normalized spacial score (nSPS) is 13.0. The van der Waals surface area contributed by atoms with E-state index in [-0.39, 0.29) is 12.5 Å². The third kappa shape index (κ3) is 4.39. The topological polar surface area (TPSA) is 54.5 Å². The standard InChI is InChI=1S/C26H22ClN3O2/c27-21-9-11-22(12-10-21)28-25(31)17-32-23-7-3-6-19-8-13-24(29-26(19)23)30-15-14-18-4-1-2-5-20(18)16-30/h1-13H,14-17H2,(H,28,31). The Morgan fingerprint density at radius 1 is 0.969 bits per heavy atom. The number of hydrogen-bond donors (Lipinski definition) is 1. The lowest BCUT2D eigenvalue weighted by atomic mass is 10.00. The number of benzene rings is 3. The number of halogens is 1. The van der Waals surface area contributed by atoms with Gasteiger partial charge in [-0.3, -0.25) is 4.79 Å². The zero-order valence-corrected chi connectivity index (χ0v) is 18.2. The van der Waals surface area contributed by atoms with Crippen LogP contribution >= 0.6 is 11.6 Å². The average Bonchev–Trinajstić information content (AvgIpc) is 2.83. The highest BCUT2D eigenvalue weighted by molar-refractivity contribution is 6.30. The SMILES string of the molecule is O=C(COc1cccc2ccc(N3CCc4ccccc4C3)nc12)Nc1ccc(Cl)cc1. The Bertz CT molecular complexity index is 1270. The van der Waals surface area contributed by atoms with E-state index in [9.17, 15) is 4.79 Å². The molecule has 0 fully saturated rings. The molecule has 0 saturated carbocycles. The molecule has 3 aromatic carbocycles. The van der Waals surface area contributed by atoms with Crippen molar-refractivity contribution in [3.05, 3.63) is 95.0 Å². The highest BCUT2D eigenvalue weighted by Crippen LogP contribution is 2.29. The fourth-order valence-electron chi connectivity index (χ4n) is 3.97. The van der Waals surface area contributed by atoms with Crippen LogP contribution in [0.25, 0.3) is 10.9 Å². The molecule has 160 valence electrons. The molecule has 0 radical (unpaired) electrons. The number of amides is 1. The summed E-state index contributed by atoms with van der Waals surface area (Å²) in [5, 5.41) is 4.40. The van der Waals surface area contributed by atoms with E-state index in [1.165, 1.54) is 11.1 Å². The molecule has 2 heterocycles. The number of fused-ring (bicyclic) bond motifs is 2. The maximum Gasteiger partial charge on any atom is 0.262 e. The molecule has 0 aliphatic carbocycles. The van der Waals surface area contributed by atoms with Gasteiger partial charge in [-0.1, -0.05) is 48.0 Å². The second-order valence-electron chi connectivity index (χ2n) is 7.78. The van der Waals surface area contributed by atoms with Crippen LogP contribution in [0, 0.1) is 0 Å². The average molecular weight is 444 g/mol. The highest BCUT2D eigenvalue weighted by atomic mass is 35.5. The summed E-state index contributed by atoms with van der Waals surface area (Å²) in [6.45, 7) is 1.65. The lowest BCUT2D eigenvalue weighted by Gasteiger charge is -2.30. The van der Waals surface area contributed by atoms with Crippen molar-refractivity contribution in [1.29, 1.82) is 0 Å². The van der Waals surface area contributed by atoms with Crippen molar-refractivity contribution < 1.29 is 9.53 Å². The smallest absolute Gasteiger partial charge is 0.262 e. The minimum Gasteiger partial charge on any atom is -0.481 e. The van der Waals surface area contributed by atoms with Gasteiger partial charge in [-0.2, -0.15) is 0 Å². The minimum absolute atomic E-state index is 0.106. The second kappa shape index (κ2) is 8.89. The van der Waals surface area contributed by atoms with Crippen molar-refractivity contribution in [2.24, 2.45) is 0 Å². The summed E-state index contributed by atoms with van der Waals surface area (Å²) in [6, 6.07) is 25.4. The molecule has 1 N–H and O–H groups in total. The van der Waals surface area contributed by atoms with E-state index < -0.39 is 0 Å². The number of carbonyl (C=O) groups is 1. The van der Waals surface area contributed by atoms with E-state index in [2.05, 4.69) is 40.5 Å². The molecule has 32 heavy (non-hydrogen) atoms. The highest BCUT2D eigenvalue weighted by Gasteiger charge is 2.18. The zero-order valence-electron chi connectivity index (χ0n) is 17.4. The Labute approximate surface area is 191 Å². The molecule has 0 spiro atoms. The van der Waals surface area contributed by atoms with Gasteiger partial charge >= 0.3 is 0 Å². The molecule has 5 rings (SSSR count). The number of nitrogens with one attached hydrogen (secondary N) is 1. The van der Waals surface area contributed by atoms with Crippen LogP contribution in [0.3, 0.4) is 0 Å². The molecule has 5 nitrogen and oxygen atoms in total. The number of pyridine rings is 1. The van der Waals surface area contributed by atoms with Gasteiger partial charge in [0.05, 0.1) is 0 Å². The summed E-state index contributed by atoms with van der Waals surface area (Å²) in [4.78, 5) is 19.5. The molecule has 0 atom stereocenters. The number of anilines is 2. The predicted octanol–water partition coefficient (Wildman–Crippen LogP) is 5.47. The van der Waals surface area contributed by atoms with E-state index in [1.54, 1.807) is 24.3 Å². The van der Waals surface area contributed by atoms with Gasteiger partial charge in [-0.25, -0.2) is 4.98 Å². The summed E-state index contributed by atoms with van der Waals surface area (Å²) < 4.78 is 5.86. The summed E-state index contributed by atoms with van der Waals surface area (Å²) in [7, 11) is 0. The van der Waals surface area contributed by atoms with Crippen LogP contribution in [0.2, 0.25) is 5.02 Å². The Morgan fingerprint density at radius 3 is 2.62 bits per heavy atom. The molecule has 1 aliphatic rings. The van der Waals surface area contributed by atoms with Crippen LogP contribution in [0.5, 0.6) is 5.75 Å². The number of aromatic nitrogens is 1. The maximum atomic E-state index is 12.3. The monoisotopic (exact) mass is 443 g/mol. The largest absolute Gasteiger partial charge is 0.481 e. The Morgan fingerprint density at radius 2 is 1.78 bits per heavy atom. The molecule has 4 aromatic rings. The second-order valence-corrected chi connectivity index (χ2v) is 8.22. The van der Waals surface area contributed by atoms with Crippen LogP contribution in [-0.4, -0.2) is 24.0 Å². The van der Waals surface area contributed by atoms with Crippen molar-refractivity contribution in [1.82, 2.24) is 4.98 Å². The first-order valence-corrected chi connectivity index (χ1v) is 10.9. The van der Waals surface area contributed by atoms with Gasteiger partial charge < -0.3 is 15.0 Å². The summed E-state index contributed by atoms with van der Waals surface area (Å²) in [6.07, 6.45) is 0.999. The van der Waals surface area contributed by atoms with Crippen molar-refractivity contribution >= 4 is 39.9 Å². The molecule has 0 saturated heterocycles. The molecule has 0 bridgehead atoms. The van der Waals surface area contributed by atoms with E-state index in [1.807, 2.05) is 24.3 Å². The molecular formula is C26H22ClN3O2. The third-order valence-corrected chi connectivity index (χ3v) is 5.86. The Hall–Kier alpha value is -3.57. The number of ether oxygens (including phenoxy) is 1. The van der Waals surface area contributed by atoms with E-state index >= 15 is 0 Å². The summed E-state index contributed by atoms with van der Waals surface area (Å²) in [5.74, 6) is 1.26. The quantitative estimate of drug-likeness (QED) is 0.444. The lowest BCUT2D eigenvalue weighted by Crippen LogP contribution is -2.30. The van der Waals surface area contributed by atoms with Crippen LogP contribution in [0.1, 0.15) is 11.1 Å². The first kappa shape index (κ1) is 20.3. The maximum absolute atomic E-state index is 12.3. The van der Waals surface area contributed by atoms with Gasteiger partial charge in [0.15, 0.2) is 6.61 Å². The van der Waals surface area contributed by atoms with Gasteiger partial charge in [0.2, 0.25) is 0 Å². The number of nitrogens with zero attached hydrogens (tertiary/aromatic N) is 2. The van der Waals surface area contributed by atoms with Gasteiger partial charge in [-0.15, -0.1) is 0 Å². The van der Waals surface area contributed by atoms with E-state index in [0.29, 0.717) is 16.5 Å². The van der Waals surface area contributed by atoms with Crippen LogP contribution in [0.4, 0.5) is 11.5 Å². The van der Waals surface area contributed by atoms with Gasteiger partial charge in [0, 0.05) is 29.2 Å². The number of carbonyl (C=O) groups excluding carboxylic acids is 1. The number of para-hydroxylation sites is 1. The van der Waals surface area contributed by atoms with Crippen molar-refractivity contribution in [2.45, 2.75) is 13.0 Å². The lowest BCUT2D eigenvalue weighted by molar-refractivity contribution is -0.118. The predicted molar refractivity (Wildman–Crippen MR) is 129 cm³/mol. The third-order valence-electron chi connectivity index (χ3n) is 5.61. The first-order chi connectivity index (χ1) is 15.7. The van der Waals surface area contributed by atoms with Crippen molar-refractivity contribution in [3.8, 4) is 5.75 Å². The number of hydrogen-bond acceptors (Lipinski definition) is 4. The molecular weight excluding hydrogens is 422 g/mol. The van der Waals surface area contributed by atoms with Gasteiger partial charge in [-0.05, 0) is 60.0 Å². The molecule has 0 unspecified atom stereocenters. The molecule has 1 aromatic heterocycles. The van der Waals surface area contributed by atoms with Crippen molar-refractivity contribution in [3.63, 3.8) is 0 Å². The number of rotatable bonds is 5. The summed E-state index contributed by atoms with van der Waals surface area (Å²) >= 11 is 5.89. The zero-order chi connectivity index (χ0) is 21.9. The molecule has 6 heteroatoms. The first-order valence-electron chi connectivity index (χ1n) is 10.6. The summed E-state index contributed by atoms with van der Waals surface area (Å²) in [5.41, 5.74) is 4.17. The minimum atomic E-state index is -0.242. The Balaban J connectivity index is 1.33. The van der Waals surface area contributed by atoms with Gasteiger partial charge in [0.25, 0.3) is 5.91 Å². The fourth-order valence-corrected chi connectivity index (χ4v) is 4.09. The fraction of sp³-hybridized carbons (Fsp3) is 0.154. The van der Waals surface area contributed by atoms with Crippen LogP contribution in [-0.2, 0) is 17.8 Å². The molecule has 1 amide bonds. The Kier molecular flexibility index (Phi) is 5.65. The van der Waals surface area contributed by atoms with Crippen LogP contribution < -0.4 is 15.0 Å².